The Kier molecular flexibility index (Phi) is 3.45. The van der Waals surface area contributed by atoms with E-state index >= 15 is 0 Å². The van der Waals surface area contributed by atoms with Crippen molar-refractivity contribution in [3.63, 3.8) is 0 Å². The lowest BCUT2D eigenvalue weighted by Gasteiger charge is -2.21. The molecule has 1 fully saturated rings. The van der Waals surface area contributed by atoms with Crippen molar-refractivity contribution in [2.45, 2.75) is 52.0 Å². The molecule has 102 valence electrons. The number of rotatable bonds is 3. The summed E-state index contributed by atoms with van der Waals surface area (Å²) < 4.78 is 2.19. The number of aromatic nitrogens is 2. The molecular formula is C16H23N3. The average molecular weight is 257 g/mol. The molecule has 2 N–H and O–H groups in total. The molecule has 0 radical (unpaired) electrons. The van der Waals surface area contributed by atoms with E-state index in [2.05, 4.69) is 34.7 Å². The molecule has 1 heterocycles. The molecule has 0 saturated heterocycles. The van der Waals surface area contributed by atoms with E-state index in [0.717, 1.165) is 18.0 Å². The van der Waals surface area contributed by atoms with Gasteiger partial charge in [-0.25, -0.2) is 4.98 Å². The second kappa shape index (κ2) is 5.24. The van der Waals surface area contributed by atoms with E-state index in [0.29, 0.717) is 5.95 Å². The van der Waals surface area contributed by atoms with Gasteiger partial charge in [-0.2, -0.15) is 0 Å². The van der Waals surface area contributed by atoms with Crippen LogP contribution in [0, 0.1) is 12.8 Å². The first-order chi connectivity index (χ1) is 9.25. The van der Waals surface area contributed by atoms with Gasteiger partial charge < -0.3 is 10.3 Å². The summed E-state index contributed by atoms with van der Waals surface area (Å²) in [5.74, 6) is 1.55. The number of aryl methyl sites for hydroxylation is 2. The van der Waals surface area contributed by atoms with Crippen molar-refractivity contribution in [2.75, 3.05) is 5.73 Å². The standard InChI is InChI=1S/C16H23N3/c1-12-6-5-9-14-15(12)18-16(17)19(14)11-10-13-7-3-2-4-8-13/h5-6,9,13H,2-4,7-8,10-11H2,1H3,(H2,17,18). The van der Waals surface area contributed by atoms with Gasteiger partial charge in [0.1, 0.15) is 0 Å². The van der Waals surface area contributed by atoms with Crippen LogP contribution in [0.3, 0.4) is 0 Å². The minimum Gasteiger partial charge on any atom is -0.369 e. The summed E-state index contributed by atoms with van der Waals surface area (Å²) in [4.78, 5) is 4.52. The van der Waals surface area contributed by atoms with Crippen LogP contribution in [-0.2, 0) is 6.54 Å². The number of para-hydroxylation sites is 1. The van der Waals surface area contributed by atoms with Crippen LogP contribution in [0.4, 0.5) is 5.95 Å². The third-order valence-electron chi connectivity index (χ3n) is 4.50. The summed E-state index contributed by atoms with van der Waals surface area (Å²) in [6.07, 6.45) is 8.26. The van der Waals surface area contributed by atoms with E-state index in [-0.39, 0.29) is 0 Å². The zero-order valence-corrected chi connectivity index (χ0v) is 11.7. The largest absolute Gasteiger partial charge is 0.369 e. The molecule has 0 unspecified atom stereocenters. The molecule has 1 saturated carbocycles. The minimum atomic E-state index is 0.667. The van der Waals surface area contributed by atoms with E-state index < -0.39 is 0 Å². The van der Waals surface area contributed by atoms with Gasteiger partial charge in [-0.05, 0) is 30.9 Å². The molecule has 1 aromatic carbocycles. The second-order valence-corrected chi connectivity index (χ2v) is 5.86. The second-order valence-electron chi connectivity index (χ2n) is 5.86. The number of anilines is 1. The van der Waals surface area contributed by atoms with Crippen molar-refractivity contribution in [1.29, 1.82) is 0 Å². The van der Waals surface area contributed by atoms with Gasteiger partial charge in [0.05, 0.1) is 11.0 Å². The SMILES string of the molecule is Cc1cccc2c1nc(N)n2CCC1CCCCC1. The highest BCUT2D eigenvalue weighted by Crippen LogP contribution is 2.28. The van der Waals surface area contributed by atoms with Crippen LogP contribution in [0.1, 0.15) is 44.1 Å². The van der Waals surface area contributed by atoms with Crippen molar-refractivity contribution < 1.29 is 0 Å². The highest BCUT2D eigenvalue weighted by atomic mass is 15.1. The summed E-state index contributed by atoms with van der Waals surface area (Å²) in [7, 11) is 0. The van der Waals surface area contributed by atoms with Gasteiger partial charge in [0.2, 0.25) is 5.95 Å². The Balaban J connectivity index is 1.80. The topological polar surface area (TPSA) is 43.8 Å². The molecule has 0 bridgehead atoms. The highest BCUT2D eigenvalue weighted by Gasteiger charge is 2.15. The van der Waals surface area contributed by atoms with Crippen molar-refractivity contribution in [3.8, 4) is 0 Å². The van der Waals surface area contributed by atoms with Crippen molar-refractivity contribution in [2.24, 2.45) is 5.92 Å². The number of benzene rings is 1. The molecule has 1 aliphatic rings. The maximum atomic E-state index is 6.09. The fourth-order valence-electron chi connectivity index (χ4n) is 3.33. The van der Waals surface area contributed by atoms with Crippen molar-refractivity contribution in [3.05, 3.63) is 23.8 Å². The molecule has 0 atom stereocenters. The predicted molar refractivity (Wildman–Crippen MR) is 80.1 cm³/mol. The molecule has 19 heavy (non-hydrogen) atoms. The lowest BCUT2D eigenvalue weighted by atomic mass is 9.87. The smallest absolute Gasteiger partial charge is 0.201 e. The van der Waals surface area contributed by atoms with E-state index in [1.54, 1.807) is 0 Å². The van der Waals surface area contributed by atoms with Crippen LogP contribution < -0.4 is 5.73 Å². The molecule has 0 spiro atoms. The number of nitrogens with two attached hydrogens (primary N) is 1. The first-order valence-corrected chi connectivity index (χ1v) is 7.47. The van der Waals surface area contributed by atoms with Gasteiger partial charge in [0, 0.05) is 6.54 Å². The lowest BCUT2D eigenvalue weighted by Crippen LogP contribution is -2.11. The molecule has 3 heteroatoms. The Hall–Kier alpha value is -1.51. The van der Waals surface area contributed by atoms with Crippen molar-refractivity contribution >= 4 is 17.0 Å². The number of hydrogen-bond acceptors (Lipinski definition) is 2. The first-order valence-electron chi connectivity index (χ1n) is 7.47. The molecule has 3 nitrogen and oxygen atoms in total. The number of nitrogen functional groups attached to an aromatic ring is 1. The molecule has 2 aromatic rings. The third kappa shape index (κ3) is 2.46. The number of imidazole rings is 1. The maximum Gasteiger partial charge on any atom is 0.201 e. The van der Waals surface area contributed by atoms with Gasteiger partial charge in [-0.1, -0.05) is 44.2 Å². The van der Waals surface area contributed by atoms with Gasteiger partial charge in [0.15, 0.2) is 0 Å². The Morgan fingerprint density at radius 1 is 1.26 bits per heavy atom. The summed E-state index contributed by atoms with van der Waals surface area (Å²) in [5, 5.41) is 0. The van der Waals surface area contributed by atoms with E-state index in [1.165, 1.54) is 49.6 Å². The monoisotopic (exact) mass is 257 g/mol. The van der Waals surface area contributed by atoms with Crippen LogP contribution in [-0.4, -0.2) is 9.55 Å². The third-order valence-corrected chi connectivity index (χ3v) is 4.50. The number of fused-ring (bicyclic) bond motifs is 1. The van der Waals surface area contributed by atoms with Crippen LogP contribution in [0.2, 0.25) is 0 Å². The lowest BCUT2D eigenvalue weighted by molar-refractivity contribution is 0.326. The molecular weight excluding hydrogens is 234 g/mol. The van der Waals surface area contributed by atoms with Gasteiger partial charge in [0.25, 0.3) is 0 Å². The molecule has 0 amide bonds. The van der Waals surface area contributed by atoms with Crippen LogP contribution in [0.15, 0.2) is 18.2 Å². The van der Waals surface area contributed by atoms with Gasteiger partial charge in [-0.15, -0.1) is 0 Å². The summed E-state index contributed by atoms with van der Waals surface area (Å²) in [6.45, 7) is 3.11. The Labute approximate surface area is 114 Å². The maximum absolute atomic E-state index is 6.09. The Morgan fingerprint density at radius 3 is 2.84 bits per heavy atom. The van der Waals surface area contributed by atoms with Gasteiger partial charge >= 0.3 is 0 Å². The van der Waals surface area contributed by atoms with Crippen LogP contribution >= 0.6 is 0 Å². The fourth-order valence-corrected chi connectivity index (χ4v) is 3.33. The van der Waals surface area contributed by atoms with Crippen molar-refractivity contribution in [1.82, 2.24) is 9.55 Å². The molecule has 1 aliphatic carbocycles. The van der Waals surface area contributed by atoms with E-state index in [1.807, 2.05) is 0 Å². The summed E-state index contributed by atoms with van der Waals surface area (Å²) in [5.41, 5.74) is 9.55. The molecule has 0 aliphatic heterocycles. The zero-order chi connectivity index (χ0) is 13.2. The molecule has 1 aromatic heterocycles. The number of nitrogens with zero attached hydrogens (tertiary/aromatic N) is 2. The normalized spacial score (nSPS) is 17.1. The predicted octanol–water partition coefficient (Wildman–Crippen LogP) is 3.90. The zero-order valence-electron chi connectivity index (χ0n) is 11.7. The van der Waals surface area contributed by atoms with Crippen LogP contribution in [0.25, 0.3) is 11.0 Å². The average Bonchev–Trinajstić information content (AvgIpc) is 2.75. The number of hydrogen-bond donors (Lipinski definition) is 1. The van der Waals surface area contributed by atoms with Gasteiger partial charge in [-0.3, -0.25) is 0 Å². The highest BCUT2D eigenvalue weighted by molar-refractivity contribution is 5.81. The quantitative estimate of drug-likeness (QED) is 0.906. The summed E-state index contributed by atoms with van der Waals surface area (Å²) >= 11 is 0. The summed E-state index contributed by atoms with van der Waals surface area (Å²) in [6, 6.07) is 6.32. The minimum absolute atomic E-state index is 0.667. The Bertz CT molecular complexity index is 565. The fraction of sp³-hybridized carbons (Fsp3) is 0.562. The van der Waals surface area contributed by atoms with E-state index in [9.17, 15) is 0 Å². The van der Waals surface area contributed by atoms with E-state index in [4.69, 9.17) is 5.73 Å². The first kappa shape index (κ1) is 12.5. The van der Waals surface area contributed by atoms with Crippen LogP contribution in [0.5, 0.6) is 0 Å². The Morgan fingerprint density at radius 2 is 2.05 bits per heavy atom. The molecule has 3 rings (SSSR count).